The van der Waals surface area contributed by atoms with Crippen molar-refractivity contribution in [1.82, 2.24) is 24.6 Å². The molecule has 2 fully saturated rings. The van der Waals surface area contributed by atoms with Crippen LogP contribution in [-0.4, -0.2) is 76.8 Å². The minimum absolute atomic E-state index is 0.0863. The van der Waals surface area contributed by atoms with Gasteiger partial charge in [0.1, 0.15) is 5.52 Å². The molecule has 0 amide bonds. The first-order valence-corrected chi connectivity index (χ1v) is 13.2. The molecule has 0 radical (unpaired) electrons. The summed E-state index contributed by atoms with van der Waals surface area (Å²) in [5, 5.41) is 8.81. The fraction of sp³-hybridized carbons (Fsp3) is 0.407. The van der Waals surface area contributed by atoms with Crippen molar-refractivity contribution in [2.45, 2.75) is 32.2 Å². The third-order valence-electron chi connectivity index (χ3n) is 7.08. The Kier molecular flexibility index (Phi) is 6.61. The number of rotatable bonds is 7. The van der Waals surface area contributed by atoms with E-state index in [1.54, 1.807) is 42.1 Å². The largest absolute Gasteiger partial charge is 0.573 e. The average molecular weight is 556 g/mol. The second-order valence-corrected chi connectivity index (χ2v) is 9.98. The zero-order valence-corrected chi connectivity index (χ0v) is 22.0. The van der Waals surface area contributed by atoms with Gasteiger partial charge in [-0.25, -0.2) is 14.8 Å². The quantitative estimate of drug-likeness (QED) is 0.320. The van der Waals surface area contributed by atoms with E-state index in [2.05, 4.69) is 34.9 Å². The van der Waals surface area contributed by atoms with Crippen LogP contribution >= 0.6 is 0 Å². The number of aromatic nitrogens is 4. The van der Waals surface area contributed by atoms with Crippen molar-refractivity contribution in [1.29, 1.82) is 0 Å². The fourth-order valence-electron chi connectivity index (χ4n) is 4.92. The van der Waals surface area contributed by atoms with E-state index in [0.717, 1.165) is 44.7 Å². The van der Waals surface area contributed by atoms with Gasteiger partial charge in [-0.05, 0) is 51.1 Å². The maximum atomic E-state index is 13.2. The Morgan fingerprint density at radius 1 is 1.12 bits per heavy atom. The van der Waals surface area contributed by atoms with Gasteiger partial charge >= 0.3 is 12.3 Å². The van der Waals surface area contributed by atoms with Gasteiger partial charge < -0.3 is 24.6 Å². The fourth-order valence-corrected chi connectivity index (χ4v) is 4.92. The number of piperazine rings is 1. The van der Waals surface area contributed by atoms with E-state index in [9.17, 15) is 18.0 Å². The van der Waals surface area contributed by atoms with E-state index in [4.69, 9.17) is 4.74 Å². The molecule has 10 nitrogen and oxygen atoms in total. The van der Waals surface area contributed by atoms with Crippen molar-refractivity contribution in [3.05, 3.63) is 42.2 Å². The maximum absolute atomic E-state index is 13.2. The summed E-state index contributed by atoms with van der Waals surface area (Å²) in [6.07, 6.45) is -1.44. The van der Waals surface area contributed by atoms with Gasteiger partial charge in [0.2, 0.25) is 5.95 Å². The maximum Gasteiger partial charge on any atom is 0.573 e. The van der Waals surface area contributed by atoms with Crippen LogP contribution in [0.5, 0.6) is 5.75 Å². The molecule has 1 aliphatic heterocycles. The number of carbonyl (C=O) groups is 1. The highest BCUT2D eigenvalue weighted by molar-refractivity contribution is 6.11. The smallest absolute Gasteiger partial charge is 0.461 e. The number of nitrogens with one attached hydrogen (secondary N) is 1. The molecule has 0 atom stereocenters. The van der Waals surface area contributed by atoms with Gasteiger partial charge in [0.15, 0.2) is 11.4 Å². The summed E-state index contributed by atoms with van der Waals surface area (Å²) in [7, 11) is 2.03. The molecule has 0 unspecified atom stereocenters. The van der Waals surface area contributed by atoms with Crippen LogP contribution in [0, 0.1) is 0 Å². The van der Waals surface area contributed by atoms with Crippen LogP contribution in [0.1, 0.15) is 36.3 Å². The van der Waals surface area contributed by atoms with Gasteiger partial charge in [-0.3, -0.25) is 4.68 Å². The number of nitrogens with zero attached hydrogens (tertiary/aromatic N) is 6. The van der Waals surface area contributed by atoms with E-state index < -0.39 is 12.3 Å². The van der Waals surface area contributed by atoms with E-state index in [0.29, 0.717) is 21.8 Å². The molecule has 0 bridgehead atoms. The number of alkyl halides is 3. The lowest BCUT2D eigenvalue weighted by molar-refractivity contribution is -0.274. The summed E-state index contributed by atoms with van der Waals surface area (Å²) in [4.78, 5) is 26.0. The first-order valence-electron chi connectivity index (χ1n) is 13.2. The summed E-state index contributed by atoms with van der Waals surface area (Å²) in [6, 6.07) is 8.25. The van der Waals surface area contributed by atoms with Crippen molar-refractivity contribution < 1.29 is 27.4 Å². The molecular formula is C27H28F3N7O3. The zero-order valence-electron chi connectivity index (χ0n) is 22.0. The van der Waals surface area contributed by atoms with Gasteiger partial charge in [-0.2, -0.15) is 5.10 Å². The number of benzene rings is 2. The Morgan fingerprint density at radius 3 is 2.60 bits per heavy atom. The molecule has 1 saturated heterocycles. The van der Waals surface area contributed by atoms with Crippen molar-refractivity contribution >= 4 is 45.1 Å². The summed E-state index contributed by atoms with van der Waals surface area (Å²) in [6.45, 7) is 5.12. The number of carbonyl (C=O) groups excluding carboxylic acids is 1. The Balaban J connectivity index is 1.42. The molecule has 2 aromatic carbocycles. The third kappa shape index (κ3) is 5.20. The predicted octanol–water partition coefficient (Wildman–Crippen LogP) is 4.89. The lowest BCUT2D eigenvalue weighted by Crippen LogP contribution is -2.44. The molecule has 4 aromatic rings. The summed E-state index contributed by atoms with van der Waals surface area (Å²) in [5.74, 6) is -0.822. The van der Waals surface area contributed by atoms with E-state index in [1.165, 1.54) is 6.07 Å². The van der Waals surface area contributed by atoms with E-state index in [1.807, 2.05) is 7.05 Å². The topological polar surface area (TPSA) is 97.6 Å². The number of likely N-dealkylation sites (N-methyl/N-ethyl adjacent to an activating group) is 1. The predicted molar refractivity (Wildman–Crippen MR) is 143 cm³/mol. The van der Waals surface area contributed by atoms with Crippen LogP contribution in [0.2, 0.25) is 0 Å². The Morgan fingerprint density at radius 2 is 1.90 bits per heavy atom. The summed E-state index contributed by atoms with van der Waals surface area (Å²) in [5.41, 5.74) is 2.24. The van der Waals surface area contributed by atoms with E-state index in [-0.39, 0.29) is 35.7 Å². The summed E-state index contributed by atoms with van der Waals surface area (Å²) < 4.78 is 51.1. The monoisotopic (exact) mass is 555 g/mol. The zero-order chi connectivity index (χ0) is 28.0. The van der Waals surface area contributed by atoms with Crippen molar-refractivity contribution in [2.75, 3.05) is 50.1 Å². The number of halogens is 3. The average Bonchev–Trinajstić information content (AvgIpc) is 3.69. The lowest BCUT2D eigenvalue weighted by Gasteiger charge is -2.34. The molecule has 2 aromatic heterocycles. The Hall–Kier alpha value is -4.13. The number of fused-ring (bicyclic) bond motifs is 3. The number of hydrogen-bond donors (Lipinski definition) is 1. The molecule has 6 rings (SSSR count). The number of esters is 1. The highest BCUT2D eigenvalue weighted by Crippen LogP contribution is 2.40. The molecule has 40 heavy (non-hydrogen) atoms. The van der Waals surface area contributed by atoms with Crippen LogP contribution < -0.4 is 15.0 Å². The molecule has 1 aliphatic carbocycles. The molecule has 3 heterocycles. The lowest BCUT2D eigenvalue weighted by atomic mass is 10.1. The van der Waals surface area contributed by atoms with Gasteiger partial charge in [0, 0.05) is 48.8 Å². The normalized spacial score (nSPS) is 16.5. The van der Waals surface area contributed by atoms with Crippen LogP contribution in [0.3, 0.4) is 0 Å². The Bertz CT molecular complexity index is 1580. The first-order chi connectivity index (χ1) is 19.2. The number of hydrogen-bond acceptors (Lipinski definition) is 9. The molecule has 13 heteroatoms. The van der Waals surface area contributed by atoms with Crippen LogP contribution in [0.25, 0.3) is 21.8 Å². The van der Waals surface area contributed by atoms with Crippen molar-refractivity contribution in [3.63, 3.8) is 0 Å². The van der Waals surface area contributed by atoms with Gasteiger partial charge in [-0.1, -0.05) is 6.07 Å². The second-order valence-electron chi connectivity index (χ2n) is 9.98. The highest BCUT2D eigenvalue weighted by atomic mass is 19.4. The molecule has 1 N–H and O–H groups in total. The number of anilines is 3. The van der Waals surface area contributed by atoms with Crippen molar-refractivity contribution in [2.24, 2.45) is 0 Å². The SMILES string of the molecule is CCOC(=O)c1nn(C2CC2)c2c1ccc1cnc(Nc3cc(N4CCN(C)CC4)ccc3OC(F)(F)F)nc12. The van der Waals surface area contributed by atoms with Crippen LogP contribution in [0.15, 0.2) is 36.5 Å². The van der Waals surface area contributed by atoms with Crippen LogP contribution in [-0.2, 0) is 4.74 Å². The first kappa shape index (κ1) is 26.1. The van der Waals surface area contributed by atoms with Gasteiger partial charge in [0.25, 0.3) is 0 Å². The highest BCUT2D eigenvalue weighted by Gasteiger charge is 2.33. The standard InChI is InChI=1S/C27H28F3N7O3/c1-3-39-25(38)23-19-8-4-16-15-31-26(33-22(16)24(19)37(34-23)17-5-6-17)32-20-14-18(36-12-10-35(2)11-13-36)7-9-21(20)40-27(28,29)30/h4,7-9,14-15,17H,3,5-6,10-13H2,1-2H3,(H,31,32,33). The molecule has 2 aliphatic rings. The van der Waals surface area contributed by atoms with E-state index >= 15 is 0 Å². The minimum atomic E-state index is -4.87. The third-order valence-corrected chi connectivity index (χ3v) is 7.08. The molecule has 1 saturated carbocycles. The van der Waals surface area contributed by atoms with Gasteiger partial charge in [-0.15, -0.1) is 13.2 Å². The summed E-state index contributed by atoms with van der Waals surface area (Å²) >= 11 is 0. The van der Waals surface area contributed by atoms with Gasteiger partial charge in [0.05, 0.1) is 23.9 Å². The molecule has 210 valence electrons. The van der Waals surface area contributed by atoms with Crippen molar-refractivity contribution in [3.8, 4) is 5.75 Å². The Labute approximate surface area is 227 Å². The molecule has 0 spiro atoms. The minimum Gasteiger partial charge on any atom is -0.461 e. The second kappa shape index (κ2) is 10.1. The number of ether oxygens (including phenoxy) is 2. The van der Waals surface area contributed by atoms with Crippen LogP contribution in [0.4, 0.5) is 30.5 Å². The molecular weight excluding hydrogens is 527 g/mol.